The zero-order valence-corrected chi connectivity index (χ0v) is 40.4. The summed E-state index contributed by atoms with van der Waals surface area (Å²) in [5.74, 6) is -0.893. The van der Waals surface area contributed by atoms with E-state index in [9.17, 15) is 14.4 Å². The minimum atomic E-state index is -0.776. The molecule has 0 aromatic heterocycles. The maximum absolute atomic E-state index is 12.7. The Hall–Kier alpha value is -2.63. The van der Waals surface area contributed by atoms with Crippen molar-refractivity contribution >= 4 is 17.9 Å². The molecule has 0 radical (unpaired) electrons. The van der Waals surface area contributed by atoms with Gasteiger partial charge in [0.25, 0.3) is 0 Å². The Morgan fingerprint density at radius 3 is 0.984 bits per heavy atom. The average molecular weight is 855 g/mol. The fourth-order valence-corrected chi connectivity index (χ4v) is 7.31. The summed E-state index contributed by atoms with van der Waals surface area (Å²) in [6.45, 7) is 6.56. The number of esters is 3. The van der Waals surface area contributed by atoms with E-state index < -0.39 is 6.10 Å². The second-order valence-electron chi connectivity index (χ2n) is 17.4. The van der Waals surface area contributed by atoms with E-state index in [0.717, 1.165) is 89.9 Å². The van der Waals surface area contributed by atoms with Crippen molar-refractivity contribution < 1.29 is 28.6 Å². The van der Waals surface area contributed by atoms with Crippen LogP contribution in [0, 0.1) is 0 Å². The molecule has 6 heteroatoms. The Labute approximate surface area is 378 Å². The van der Waals surface area contributed by atoms with Crippen molar-refractivity contribution in [3.05, 3.63) is 48.6 Å². The van der Waals surface area contributed by atoms with Gasteiger partial charge in [-0.3, -0.25) is 14.4 Å². The van der Waals surface area contributed by atoms with Crippen LogP contribution in [-0.2, 0) is 28.6 Å². The number of rotatable bonds is 47. The van der Waals surface area contributed by atoms with Gasteiger partial charge in [-0.1, -0.05) is 217 Å². The molecule has 0 saturated carbocycles. The normalized spacial score (nSPS) is 12.4. The van der Waals surface area contributed by atoms with Crippen molar-refractivity contribution in [3.63, 3.8) is 0 Å². The van der Waals surface area contributed by atoms with Gasteiger partial charge in [0.2, 0.25) is 0 Å². The van der Waals surface area contributed by atoms with E-state index >= 15 is 0 Å². The molecule has 0 heterocycles. The lowest BCUT2D eigenvalue weighted by atomic mass is 10.1. The first-order valence-corrected chi connectivity index (χ1v) is 26.1. The van der Waals surface area contributed by atoms with E-state index in [1.165, 1.54) is 135 Å². The van der Waals surface area contributed by atoms with Crippen LogP contribution in [0.5, 0.6) is 0 Å². The Bertz CT molecular complexity index is 1070. The molecule has 354 valence electrons. The number of allylic oxidation sites excluding steroid dienone is 8. The molecule has 0 aliphatic heterocycles. The van der Waals surface area contributed by atoms with Gasteiger partial charge >= 0.3 is 17.9 Å². The predicted octanol–water partition coefficient (Wildman–Crippen LogP) is 17.1. The Kier molecular flexibility index (Phi) is 47.9. The number of ether oxygens (including phenoxy) is 3. The Morgan fingerprint density at radius 2 is 0.607 bits per heavy atom. The summed E-state index contributed by atoms with van der Waals surface area (Å²) in [7, 11) is 0. The lowest BCUT2D eigenvalue weighted by Crippen LogP contribution is -2.30. The van der Waals surface area contributed by atoms with Crippen LogP contribution in [0.15, 0.2) is 48.6 Å². The molecule has 0 aliphatic carbocycles. The first-order valence-electron chi connectivity index (χ1n) is 26.1. The smallest absolute Gasteiger partial charge is 0.306 e. The third-order valence-electron chi connectivity index (χ3n) is 11.3. The van der Waals surface area contributed by atoms with Crippen molar-refractivity contribution in [1.82, 2.24) is 0 Å². The Morgan fingerprint density at radius 1 is 0.328 bits per heavy atom. The van der Waals surface area contributed by atoms with Crippen molar-refractivity contribution in [3.8, 4) is 0 Å². The van der Waals surface area contributed by atoms with Crippen LogP contribution in [0.2, 0.25) is 0 Å². The number of unbranched alkanes of at least 4 members (excludes halogenated alkanes) is 28. The van der Waals surface area contributed by atoms with Crippen LogP contribution in [0.3, 0.4) is 0 Å². The highest BCUT2D eigenvalue weighted by molar-refractivity contribution is 5.71. The summed E-state index contributed by atoms with van der Waals surface area (Å²) in [6.07, 6.45) is 59.6. The summed E-state index contributed by atoms with van der Waals surface area (Å²) in [5, 5.41) is 0. The first kappa shape index (κ1) is 58.4. The average Bonchev–Trinajstić information content (AvgIpc) is 3.26. The molecule has 0 aromatic carbocycles. The standard InChI is InChI=1S/C55H98O6/c1-4-7-10-13-16-19-21-22-23-24-25-26-27-28-29-30-31-32-34-36-39-42-45-48-54(57)60-51-52(50-59-53(56)47-44-41-38-35-18-15-12-9-6-3)61-55(58)49-46-43-40-37-33-20-17-14-11-8-5-2/h14,17,21-22,24-25,27-28,52H,4-13,15-16,18-20,23,26,29-51H2,1-3H3/b17-14-,22-21-,25-24-,28-27-. The van der Waals surface area contributed by atoms with E-state index in [2.05, 4.69) is 69.4 Å². The van der Waals surface area contributed by atoms with Crippen LogP contribution in [-0.4, -0.2) is 37.2 Å². The minimum absolute atomic E-state index is 0.0772. The summed E-state index contributed by atoms with van der Waals surface area (Å²) in [4.78, 5) is 37.8. The zero-order chi connectivity index (χ0) is 44.4. The van der Waals surface area contributed by atoms with Gasteiger partial charge in [0.1, 0.15) is 13.2 Å². The van der Waals surface area contributed by atoms with Gasteiger partial charge in [-0.05, 0) is 77.0 Å². The van der Waals surface area contributed by atoms with E-state index in [0.29, 0.717) is 19.3 Å². The second kappa shape index (κ2) is 50.0. The number of hydrogen-bond acceptors (Lipinski definition) is 6. The highest BCUT2D eigenvalue weighted by Gasteiger charge is 2.19. The highest BCUT2D eigenvalue weighted by Crippen LogP contribution is 2.15. The molecular weight excluding hydrogens is 757 g/mol. The lowest BCUT2D eigenvalue weighted by Gasteiger charge is -2.18. The highest BCUT2D eigenvalue weighted by atomic mass is 16.6. The predicted molar refractivity (Wildman–Crippen MR) is 261 cm³/mol. The SMILES string of the molecule is CCCC/C=C\CCCCCCCC(=O)OC(COC(=O)CCCCCCCCCCC)COC(=O)CCCCCCCCCC/C=C\C/C=C\C/C=C\CCCCCCC. The maximum atomic E-state index is 12.7. The molecule has 0 amide bonds. The quantitative estimate of drug-likeness (QED) is 0.0263. The van der Waals surface area contributed by atoms with Crippen LogP contribution < -0.4 is 0 Å². The minimum Gasteiger partial charge on any atom is -0.462 e. The van der Waals surface area contributed by atoms with Crippen LogP contribution in [0.25, 0.3) is 0 Å². The number of hydrogen-bond donors (Lipinski definition) is 0. The molecule has 1 atom stereocenters. The van der Waals surface area contributed by atoms with Gasteiger partial charge in [0.05, 0.1) is 0 Å². The van der Waals surface area contributed by atoms with Gasteiger partial charge in [-0.2, -0.15) is 0 Å². The van der Waals surface area contributed by atoms with E-state index in [4.69, 9.17) is 14.2 Å². The molecule has 0 N–H and O–H groups in total. The van der Waals surface area contributed by atoms with E-state index in [1.54, 1.807) is 0 Å². The maximum Gasteiger partial charge on any atom is 0.306 e. The largest absolute Gasteiger partial charge is 0.462 e. The van der Waals surface area contributed by atoms with Gasteiger partial charge in [-0.15, -0.1) is 0 Å². The van der Waals surface area contributed by atoms with Crippen molar-refractivity contribution in [2.75, 3.05) is 13.2 Å². The van der Waals surface area contributed by atoms with Gasteiger partial charge in [-0.25, -0.2) is 0 Å². The summed E-state index contributed by atoms with van der Waals surface area (Å²) < 4.78 is 16.7. The van der Waals surface area contributed by atoms with E-state index in [1.807, 2.05) is 0 Å². The van der Waals surface area contributed by atoms with Crippen molar-refractivity contribution in [2.45, 2.75) is 271 Å². The van der Waals surface area contributed by atoms with E-state index in [-0.39, 0.29) is 31.1 Å². The molecule has 0 aliphatic rings. The topological polar surface area (TPSA) is 78.9 Å². The molecule has 0 spiro atoms. The molecule has 61 heavy (non-hydrogen) atoms. The van der Waals surface area contributed by atoms with Crippen molar-refractivity contribution in [2.24, 2.45) is 0 Å². The van der Waals surface area contributed by atoms with Crippen LogP contribution in [0.4, 0.5) is 0 Å². The molecule has 0 saturated heterocycles. The molecule has 0 aromatic rings. The molecule has 6 nitrogen and oxygen atoms in total. The summed E-state index contributed by atoms with van der Waals surface area (Å²) >= 11 is 0. The molecule has 0 rings (SSSR count). The van der Waals surface area contributed by atoms with Crippen LogP contribution >= 0.6 is 0 Å². The lowest BCUT2D eigenvalue weighted by molar-refractivity contribution is -0.167. The fraction of sp³-hybridized carbons (Fsp3) is 0.800. The molecule has 0 fully saturated rings. The van der Waals surface area contributed by atoms with Crippen LogP contribution in [0.1, 0.15) is 265 Å². The number of carbonyl (C=O) groups excluding carboxylic acids is 3. The second-order valence-corrected chi connectivity index (χ2v) is 17.4. The fourth-order valence-electron chi connectivity index (χ4n) is 7.31. The van der Waals surface area contributed by atoms with Gasteiger partial charge in [0.15, 0.2) is 6.10 Å². The molecule has 0 bridgehead atoms. The van der Waals surface area contributed by atoms with Crippen molar-refractivity contribution in [1.29, 1.82) is 0 Å². The zero-order valence-electron chi connectivity index (χ0n) is 40.4. The molecular formula is C55H98O6. The first-order chi connectivity index (χ1) is 30.0. The summed E-state index contributed by atoms with van der Waals surface area (Å²) in [6, 6.07) is 0. The van der Waals surface area contributed by atoms with Gasteiger partial charge < -0.3 is 14.2 Å². The van der Waals surface area contributed by atoms with Gasteiger partial charge in [0, 0.05) is 19.3 Å². The number of carbonyl (C=O) groups is 3. The third-order valence-corrected chi connectivity index (χ3v) is 11.3. The summed E-state index contributed by atoms with van der Waals surface area (Å²) in [5.41, 5.74) is 0. The Balaban J connectivity index is 4.23. The molecule has 1 unspecified atom stereocenters. The monoisotopic (exact) mass is 855 g/mol. The third kappa shape index (κ3) is 48.3.